The van der Waals surface area contributed by atoms with Gasteiger partial charge in [-0.15, -0.1) is 0 Å². The van der Waals surface area contributed by atoms with Gasteiger partial charge >= 0.3 is 0 Å². The number of hydrogen-bond acceptors (Lipinski definition) is 6. The molecule has 0 aromatic heterocycles. The van der Waals surface area contributed by atoms with Crippen molar-refractivity contribution in [1.29, 1.82) is 0 Å². The second-order valence-corrected chi connectivity index (χ2v) is 9.37. The molecule has 2 aliphatic rings. The van der Waals surface area contributed by atoms with Gasteiger partial charge in [-0.2, -0.15) is 0 Å². The average molecular weight is 476 g/mol. The second kappa shape index (κ2) is 11.7. The number of carbonyl (C=O) groups excluding carboxylic acids is 3. The van der Waals surface area contributed by atoms with Crippen molar-refractivity contribution in [3.8, 4) is 5.75 Å². The maximum atomic E-state index is 13.5. The minimum absolute atomic E-state index is 0.00697. The van der Waals surface area contributed by atoms with Crippen molar-refractivity contribution < 1.29 is 28.6 Å². The Bertz CT molecular complexity index is 885. The van der Waals surface area contributed by atoms with Crippen molar-refractivity contribution in [2.45, 2.75) is 45.8 Å². The molecule has 9 nitrogen and oxygen atoms in total. The van der Waals surface area contributed by atoms with E-state index in [4.69, 9.17) is 14.2 Å². The molecule has 0 aliphatic carbocycles. The zero-order valence-corrected chi connectivity index (χ0v) is 20.8. The Hall–Kier alpha value is -2.65. The Balaban J connectivity index is 1.94. The lowest BCUT2D eigenvalue weighted by molar-refractivity contribution is -0.143. The van der Waals surface area contributed by atoms with Gasteiger partial charge in [0.05, 0.1) is 17.7 Å². The molecule has 9 heteroatoms. The molecule has 34 heavy (non-hydrogen) atoms. The molecular formula is C25H37N3O6. The summed E-state index contributed by atoms with van der Waals surface area (Å²) in [6.45, 7) is 7.71. The third-order valence-corrected chi connectivity index (χ3v) is 6.62. The molecule has 1 aromatic carbocycles. The number of carbonyl (C=O) groups is 3. The molecule has 1 aromatic rings. The number of nitrogens with one attached hydrogen (secondary N) is 1. The van der Waals surface area contributed by atoms with Gasteiger partial charge in [0.2, 0.25) is 11.8 Å². The van der Waals surface area contributed by atoms with Gasteiger partial charge in [0.1, 0.15) is 12.4 Å². The lowest BCUT2D eigenvalue weighted by atomic mass is 9.95. The molecule has 1 N–H and O–H groups in total. The summed E-state index contributed by atoms with van der Waals surface area (Å²) in [5.74, 6) is 0.00983. The van der Waals surface area contributed by atoms with E-state index in [-0.39, 0.29) is 48.3 Å². The first-order valence-electron chi connectivity index (χ1n) is 11.9. The van der Waals surface area contributed by atoms with E-state index >= 15 is 0 Å². The number of anilines is 1. The van der Waals surface area contributed by atoms with Crippen LogP contribution in [0, 0.1) is 11.8 Å². The lowest BCUT2D eigenvalue weighted by Crippen LogP contribution is -2.50. The lowest BCUT2D eigenvalue weighted by Gasteiger charge is -2.38. The zero-order chi connectivity index (χ0) is 24.8. The fraction of sp³-hybridized carbons (Fsp3) is 0.640. The topological polar surface area (TPSA) is 97.4 Å². The van der Waals surface area contributed by atoms with Crippen LogP contribution in [0.15, 0.2) is 18.2 Å². The second-order valence-electron chi connectivity index (χ2n) is 9.37. The zero-order valence-electron chi connectivity index (χ0n) is 20.8. The van der Waals surface area contributed by atoms with Gasteiger partial charge in [-0.1, -0.05) is 6.92 Å². The summed E-state index contributed by atoms with van der Waals surface area (Å²) in [5.41, 5.74) is 0.939. The van der Waals surface area contributed by atoms with Crippen LogP contribution in [0.3, 0.4) is 0 Å². The van der Waals surface area contributed by atoms with Gasteiger partial charge in [0, 0.05) is 71.0 Å². The number of rotatable bonds is 3. The standard InChI is InChI=1S/C25H37N3O6/c1-16-13-28(24(30)19-8-10-33-11-9-19)17(2)15-34-22-12-20(26-18(3)29)6-7-21(22)25(31)27(4)14-23(16)32-5/h6-7,12,16-17,19,23H,8-11,13-15H2,1-5H3,(H,26,29)/t16-,17-,23-/m0/s1. The van der Waals surface area contributed by atoms with Crippen LogP contribution >= 0.6 is 0 Å². The highest BCUT2D eigenvalue weighted by atomic mass is 16.5. The quantitative estimate of drug-likeness (QED) is 0.721. The number of amides is 3. The summed E-state index contributed by atoms with van der Waals surface area (Å²) < 4.78 is 17.3. The fourth-order valence-corrected chi connectivity index (χ4v) is 4.54. The Morgan fingerprint density at radius 1 is 1.15 bits per heavy atom. The molecular weight excluding hydrogens is 438 g/mol. The summed E-state index contributed by atoms with van der Waals surface area (Å²) in [5, 5.41) is 2.73. The van der Waals surface area contributed by atoms with Crippen LogP contribution in [-0.2, 0) is 19.1 Å². The average Bonchev–Trinajstić information content (AvgIpc) is 2.82. The molecule has 0 saturated carbocycles. The van der Waals surface area contributed by atoms with E-state index in [1.165, 1.54) is 6.92 Å². The normalized spacial score (nSPS) is 25.0. The predicted octanol–water partition coefficient (Wildman–Crippen LogP) is 2.40. The molecule has 3 rings (SSSR count). The van der Waals surface area contributed by atoms with E-state index in [9.17, 15) is 14.4 Å². The van der Waals surface area contributed by atoms with Crippen LogP contribution in [0.5, 0.6) is 5.75 Å². The van der Waals surface area contributed by atoms with Crippen molar-refractivity contribution in [1.82, 2.24) is 9.80 Å². The maximum absolute atomic E-state index is 13.5. The van der Waals surface area contributed by atoms with Gasteiger partial charge < -0.3 is 29.3 Å². The molecule has 0 bridgehead atoms. The number of ether oxygens (including phenoxy) is 3. The number of benzene rings is 1. The van der Waals surface area contributed by atoms with Crippen molar-refractivity contribution in [2.24, 2.45) is 11.8 Å². The monoisotopic (exact) mass is 475 g/mol. The number of hydrogen-bond donors (Lipinski definition) is 1. The summed E-state index contributed by atoms with van der Waals surface area (Å²) in [7, 11) is 3.36. The van der Waals surface area contributed by atoms with Crippen molar-refractivity contribution in [2.75, 3.05) is 52.4 Å². The summed E-state index contributed by atoms with van der Waals surface area (Å²) >= 11 is 0. The van der Waals surface area contributed by atoms with Crippen molar-refractivity contribution >= 4 is 23.4 Å². The molecule has 1 saturated heterocycles. The van der Waals surface area contributed by atoms with Crippen molar-refractivity contribution in [3.05, 3.63) is 23.8 Å². The molecule has 2 aliphatic heterocycles. The van der Waals surface area contributed by atoms with Crippen LogP contribution in [0.2, 0.25) is 0 Å². The fourth-order valence-electron chi connectivity index (χ4n) is 4.54. The highest BCUT2D eigenvalue weighted by Crippen LogP contribution is 2.28. The molecule has 0 unspecified atom stereocenters. The minimum atomic E-state index is -0.242. The molecule has 0 radical (unpaired) electrons. The highest BCUT2D eigenvalue weighted by Gasteiger charge is 2.33. The SMILES string of the molecule is CO[C@H]1CN(C)C(=O)c2ccc(NC(C)=O)cc2OC[C@H](C)N(C(=O)C2CCOCC2)C[C@@H]1C. The third-order valence-electron chi connectivity index (χ3n) is 6.62. The van der Waals surface area contributed by atoms with E-state index in [2.05, 4.69) is 5.32 Å². The first-order valence-corrected chi connectivity index (χ1v) is 11.9. The third kappa shape index (κ3) is 6.27. The molecule has 2 heterocycles. The van der Waals surface area contributed by atoms with E-state index in [0.29, 0.717) is 56.1 Å². The van der Waals surface area contributed by atoms with Gasteiger partial charge in [-0.05, 0) is 31.9 Å². The number of methoxy groups -OCH3 is 1. The summed E-state index contributed by atoms with van der Waals surface area (Å²) in [6.07, 6.45) is 1.18. The first kappa shape index (κ1) is 26.0. The Morgan fingerprint density at radius 3 is 2.50 bits per heavy atom. The molecule has 0 spiro atoms. The smallest absolute Gasteiger partial charge is 0.257 e. The van der Waals surface area contributed by atoms with Crippen molar-refractivity contribution in [3.63, 3.8) is 0 Å². The number of nitrogens with zero attached hydrogens (tertiary/aromatic N) is 2. The van der Waals surface area contributed by atoms with E-state index in [1.54, 1.807) is 37.3 Å². The highest BCUT2D eigenvalue weighted by molar-refractivity contribution is 5.98. The Kier molecular flexibility index (Phi) is 8.90. The van der Waals surface area contributed by atoms with Gasteiger partial charge in [0.25, 0.3) is 5.91 Å². The first-order chi connectivity index (χ1) is 16.2. The molecule has 1 fully saturated rings. The number of fused-ring (bicyclic) bond motifs is 1. The van der Waals surface area contributed by atoms with Crippen LogP contribution in [0.1, 0.15) is 44.0 Å². The summed E-state index contributed by atoms with van der Waals surface area (Å²) in [6, 6.07) is 4.77. The van der Waals surface area contributed by atoms with Gasteiger partial charge in [0.15, 0.2) is 0 Å². The Labute approximate surface area is 201 Å². The van der Waals surface area contributed by atoms with Crippen LogP contribution in [0.4, 0.5) is 5.69 Å². The van der Waals surface area contributed by atoms with Crippen LogP contribution < -0.4 is 10.1 Å². The minimum Gasteiger partial charge on any atom is -0.491 e. The molecule has 3 amide bonds. The molecule has 3 atom stereocenters. The Morgan fingerprint density at radius 2 is 1.85 bits per heavy atom. The maximum Gasteiger partial charge on any atom is 0.257 e. The molecule has 188 valence electrons. The van der Waals surface area contributed by atoms with Gasteiger partial charge in [-0.25, -0.2) is 0 Å². The van der Waals surface area contributed by atoms with E-state index in [0.717, 1.165) is 0 Å². The number of likely N-dealkylation sites (N-methyl/N-ethyl adjacent to an activating group) is 1. The van der Waals surface area contributed by atoms with Crippen LogP contribution in [0.25, 0.3) is 0 Å². The largest absolute Gasteiger partial charge is 0.491 e. The predicted molar refractivity (Wildman–Crippen MR) is 128 cm³/mol. The van der Waals surface area contributed by atoms with Gasteiger partial charge in [-0.3, -0.25) is 14.4 Å². The van der Waals surface area contributed by atoms with Crippen LogP contribution in [-0.4, -0.2) is 86.7 Å². The summed E-state index contributed by atoms with van der Waals surface area (Å²) in [4.78, 5) is 41.8. The van der Waals surface area contributed by atoms with E-state index in [1.807, 2.05) is 18.7 Å². The van der Waals surface area contributed by atoms with E-state index < -0.39 is 0 Å².